The summed E-state index contributed by atoms with van der Waals surface area (Å²) in [6.45, 7) is 4.28. The highest BCUT2D eigenvalue weighted by Crippen LogP contribution is 2.34. The first-order chi connectivity index (χ1) is 12.2. The average molecular weight is 325 g/mol. The van der Waals surface area contributed by atoms with Crippen molar-refractivity contribution in [2.24, 2.45) is 0 Å². The molecule has 0 unspecified atom stereocenters. The van der Waals surface area contributed by atoms with E-state index < -0.39 is 0 Å². The van der Waals surface area contributed by atoms with Gasteiger partial charge in [-0.3, -0.25) is 0 Å². The maximum atomic E-state index is 5.50. The third-order valence-corrected chi connectivity index (χ3v) is 4.62. The van der Waals surface area contributed by atoms with E-state index >= 15 is 0 Å². The Morgan fingerprint density at radius 1 is 0.720 bits per heavy atom. The van der Waals surface area contributed by atoms with E-state index in [0.717, 1.165) is 5.56 Å². The van der Waals surface area contributed by atoms with Crippen LogP contribution in [0.15, 0.2) is 83.6 Å². The summed E-state index contributed by atoms with van der Waals surface area (Å²) in [5, 5.41) is 0. The highest BCUT2D eigenvalue weighted by molar-refractivity contribution is 5.79. The first-order valence-electron chi connectivity index (χ1n) is 8.40. The molecule has 0 spiro atoms. The van der Waals surface area contributed by atoms with Crippen LogP contribution in [0.4, 0.5) is 0 Å². The average Bonchev–Trinajstić information content (AvgIpc) is 3.17. The highest BCUT2D eigenvalue weighted by Gasteiger charge is 2.13. The number of rotatable bonds is 3. The molecule has 122 valence electrons. The van der Waals surface area contributed by atoms with Gasteiger partial charge >= 0.3 is 0 Å². The predicted molar refractivity (Wildman–Crippen MR) is 102 cm³/mol. The van der Waals surface area contributed by atoms with E-state index in [1.807, 2.05) is 6.07 Å². The van der Waals surface area contributed by atoms with Crippen molar-refractivity contribution in [3.05, 3.63) is 90.3 Å². The maximum absolute atomic E-state index is 5.50. The van der Waals surface area contributed by atoms with Crippen LogP contribution in [0.25, 0.3) is 33.7 Å². The van der Waals surface area contributed by atoms with Crippen molar-refractivity contribution in [3.8, 4) is 33.7 Å². The Morgan fingerprint density at radius 3 is 2.08 bits per heavy atom. The number of hydrogen-bond acceptors (Lipinski definition) is 2. The second kappa shape index (κ2) is 6.40. The summed E-state index contributed by atoms with van der Waals surface area (Å²) in [7, 11) is 0. The fourth-order valence-electron chi connectivity index (χ4n) is 3.34. The lowest BCUT2D eigenvalue weighted by Crippen LogP contribution is -1.92. The first-order valence-corrected chi connectivity index (χ1v) is 8.40. The lowest BCUT2D eigenvalue weighted by Gasteiger charge is -2.14. The lowest BCUT2D eigenvalue weighted by molar-refractivity contribution is 0.574. The van der Waals surface area contributed by atoms with Crippen LogP contribution < -0.4 is 0 Å². The number of oxazole rings is 1. The monoisotopic (exact) mass is 325 g/mol. The zero-order valence-electron chi connectivity index (χ0n) is 14.4. The second-order valence-electron chi connectivity index (χ2n) is 6.21. The van der Waals surface area contributed by atoms with Crippen LogP contribution in [0.3, 0.4) is 0 Å². The van der Waals surface area contributed by atoms with E-state index in [-0.39, 0.29) is 0 Å². The van der Waals surface area contributed by atoms with Gasteiger partial charge in [0.2, 0.25) is 5.89 Å². The molecule has 0 amide bonds. The van der Waals surface area contributed by atoms with E-state index in [1.54, 1.807) is 12.5 Å². The summed E-state index contributed by atoms with van der Waals surface area (Å²) < 4.78 is 5.50. The minimum atomic E-state index is 0.666. The molecule has 0 atom stereocenters. The van der Waals surface area contributed by atoms with Crippen molar-refractivity contribution < 1.29 is 4.42 Å². The quantitative estimate of drug-likeness (QED) is 0.442. The Hall–Kier alpha value is -3.13. The molecule has 2 nitrogen and oxygen atoms in total. The van der Waals surface area contributed by atoms with Gasteiger partial charge < -0.3 is 4.42 Å². The van der Waals surface area contributed by atoms with Crippen molar-refractivity contribution in [3.63, 3.8) is 0 Å². The number of aryl methyl sites for hydroxylation is 1. The molecular weight excluding hydrogens is 306 g/mol. The van der Waals surface area contributed by atoms with Gasteiger partial charge in [-0.25, -0.2) is 4.98 Å². The Morgan fingerprint density at radius 2 is 1.40 bits per heavy atom. The Labute approximate surface area is 147 Å². The summed E-state index contributed by atoms with van der Waals surface area (Å²) >= 11 is 0. The minimum absolute atomic E-state index is 0.666. The molecule has 4 aromatic rings. The van der Waals surface area contributed by atoms with Crippen LogP contribution in [-0.4, -0.2) is 4.98 Å². The van der Waals surface area contributed by atoms with E-state index in [0.29, 0.717) is 5.89 Å². The summed E-state index contributed by atoms with van der Waals surface area (Å²) in [4.78, 5) is 4.30. The van der Waals surface area contributed by atoms with Gasteiger partial charge in [-0.15, -0.1) is 0 Å². The Kier molecular flexibility index (Phi) is 3.95. The zero-order valence-corrected chi connectivity index (χ0v) is 14.4. The third kappa shape index (κ3) is 2.87. The molecule has 1 aromatic heterocycles. The van der Waals surface area contributed by atoms with Crippen molar-refractivity contribution in [2.75, 3.05) is 0 Å². The summed E-state index contributed by atoms with van der Waals surface area (Å²) in [6, 6.07) is 23.4. The Balaban J connectivity index is 1.78. The standard InChI is InChI=1S/C23H19NO/c1-16-8-13-21(23-24-14-15-25-23)17(2)22(16)20-11-9-19(10-12-20)18-6-4-3-5-7-18/h3-15H,1-2H3. The molecule has 2 heteroatoms. The Bertz CT molecular complexity index is 984. The SMILES string of the molecule is Cc1ccc(-c2ncco2)c(C)c1-c1ccc(-c2ccccc2)cc1. The molecule has 25 heavy (non-hydrogen) atoms. The van der Waals surface area contributed by atoms with Crippen molar-refractivity contribution >= 4 is 0 Å². The van der Waals surface area contributed by atoms with E-state index in [1.165, 1.54) is 33.4 Å². The normalized spacial score (nSPS) is 10.8. The van der Waals surface area contributed by atoms with Gasteiger partial charge in [0.05, 0.1) is 6.20 Å². The minimum Gasteiger partial charge on any atom is -0.445 e. The summed E-state index contributed by atoms with van der Waals surface area (Å²) in [5.74, 6) is 0.666. The molecule has 0 aliphatic heterocycles. The highest BCUT2D eigenvalue weighted by atomic mass is 16.3. The van der Waals surface area contributed by atoms with E-state index in [2.05, 4.69) is 79.5 Å². The van der Waals surface area contributed by atoms with Crippen LogP contribution in [0.5, 0.6) is 0 Å². The number of nitrogens with zero attached hydrogens (tertiary/aromatic N) is 1. The van der Waals surface area contributed by atoms with Crippen LogP contribution in [0.2, 0.25) is 0 Å². The molecule has 0 saturated carbocycles. The molecule has 3 aromatic carbocycles. The molecule has 0 aliphatic carbocycles. The lowest BCUT2D eigenvalue weighted by atomic mass is 9.91. The topological polar surface area (TPSA) is 26.0 Å². The fourth-order valence-corrected chi connectivity index (χ4v) is 3.34. The predicted octanol–water partition coefficient (Wildman–Crippen LogP) is 6.29. The largest absolute Gasteiger partial charge is 0.445 e. The van der Waals surface area contributed by atoms with Gasteiger partial charge in [0, 0.05) is 5.56 Å². The molecular formula is C23H19NO. The van der Waals surface area contributed by atoms with Crippen LogP contribution in [-0.2, 0) is 0 Å². The first kappa shape index (κ1) is 15.4. The zero-order chi connectivity index (χ0) is 17.2. The van der Waals surface area contributed by atoms with Crippen LogP contribution >= 0.6 is 0 Å². The molecule has 0 fully saturated rings. The van der Waals surface area contributed by atoms with Gasteiger partial charge in [0.1, 0.15) is 6.26 Å². The summed E-state index contributed by atoms with van der Waals surface area (Å²) in [5.41, 5.74) is 8.39. The number of benzene rings is 3. The van der Waals surface area contributed by atoms with Crippen molar-refractivity contribution in [1.29, 1.82) is 0 Å². The third-order valence-electron chi connectivity index (χ3n) is 4.62. The van der Waals surface area contributed by atoms with Gasteiger partial charge in [-0.05, 0) is 53.3 Å². The van der Waals surface area contributed by atoms with E-state index in [9.17, 15) is 0 Å². The molecule has 0 saturated heterocycles. The van der Waals surface area contributed by atoms with Crippen molar-refractivity contribution in [1.82, 2.24) is 4.98 Å². The van der Waals surface area contributed by atoms with Crippen molar-refractivity contribution in [2.45, 2.75) is 13.8 Å². The van der Waals surface area contributed by atoms with Crippen LogP contribution in [0.1, 0.15) is 11.1 Å². The molecule has 4 rings (SSSR count). The molecule has 0 radical (unpaired) electrons. The number of aromatic nitrogens is 1. The van der Waals surface area contributed by atoms with Gasteiger partial charge in [-0.2, -0.15) is 0 Å². The molecule has 0 bridgehead atoms. The van der Waals surface area contributed by atoms with Gasteiger partial charge in [0.25, 0.3) is 0 Å². The molecule has 0 aliphatic rings. The second-order valence-corrected chi connectivity index (χ2v) is 6.21. The fraction of sp³-hybridized carbons (Fsp3) is 0.0870. The van der Waals surface area contributed by atoms with Gasteiger partial charge in [0.15, 0.2) is 0 Å². The molecule has 1 heterocycles. The number of hydrogen-bond donors (Lipinski definition) is 0. The smallest absolute Gasteiger partial charge is 0.226 e. The van der Waals surface area contributed by atoms with Gasteiger partial charge in [-0.1, -0.05) is 60.7 Å². The van der Waals surface area contributed by atoms with Crippen LogP contribution in [0, 0.1) is 13.8 Å². The van der Waals surface area contributed by atoms with E-state index in [4.69, 9.17) is 4.42 Å². The summed E-state index contributed by atoms with van der Waals surface area (Å²) in [6.07, 6.45) is 3.30. The molecule has 0 N–H and O–H groups in total. The maximum Gasteiger partial charge on any atom is 0.226 e.